The number of rotatable bonds is 13. The van der Waals surface area contributed by atoms with Crippen molar-refractivity contribution in [3.63, 3.8) is 0 Å². The van der Waals surface area contributed by atoms with E-state index in [0.29, 0.717) is 12.2 Å². The molecule has 0 aliphatic rings. The third-order valence-electron chi connectivity index (χ3n) is 7.50. The highest BCUT2D eigenvalue weighted by atomic mass is 32.2. The van der Waals surface area contributed by atoms with Gasteiger partial charge in [-0.3, -0.25) is 13.9 Å². The van der Waals surface area contributed by atoms with Crippen LogP contribution < -0.4 is 9.62 Å². The normalized spacial score (nSPS) is 12.0. The molecule has 1 N–H and O–H groups in total. The molecule has 0 radical (unpaired) electrons. The summed E-state index contributed by atoms with van der Waals surface area (Å²) >= 11 is 0. The van der Waals surface area contributed by atoms with E-state index in [1.165, 1.54) is 21.3 Å². The van der Waals surface area contributed by atoms with E-state index in [-0.39, 0.29) is 29.7 Å². The summed E-state index contributed by atoms with van der Waals surface area (Å²) in [5.74, 6) is -0.545. The van der Waals surface area contributed by atoms with Crippen LogP contribution in [0, 0.1) is 26.7 Å². The average molecular weight is 626 g/mol. The van der Waals surface area contributed by atoms with Gasteiger partial charge in [-0.15, -0.1) is 0 Å². The van der Waals surface area contributed by atoms with Gasteiger partial charge in [-0.2, -0.15) is 0 Å². The van der Waals surface area contributed by atoms with Gasteiger partial charge in [0.15, 0.2) is 0 Å². The summed E-state index contributed by atoms with van der Waals surface area (Å²) in [5, 5.41) is 3.03. The second-order valence-electron chi connectivity index (χ2n) is 12.0. The van der Waals surface area contributed by atoms with Crippen LogP contribution in [0.5, 0.6) is 0 Å². The summed E-state index contributed by atoms with van der Waals surface area (Å²) in [6.07, 6.45) is 0.275. The molecule has 236 valence electrons. The number of carbonyl (C=O) groups excluding carboxylic acids is 2. The molecule has 8 heteroatoms. The Balaban J connectivity index is 1.82. The van der Waals surface area contributed by atoms with Gasteiger partial charge in [0.05, 0.1) is 10.6 Å². The lowest BCUT2D eigenvalue weighted by Gasteiger charge is -2.34. The highest BCUT2D eigenvalue weighted by Gasteiger charge is 2.34. The number of nitrogens with zero attached hydrogens (tertiary/aromatic N) is 2. The third kappa shape index (κ3) is 9.05. The molecule has 1 atom stereocenters. The topological polar surface area (TPSA) is 86.8 Å². The van der Waals surface area contributed by atoms with Crippen LogP contribution in [0.4, 0.5) is 5.69 Å². The van der Waals surface area contributed by atoms with E-state index in [1.807, 2.05) is 95.3 Å². The number of amides is 2. The fourth-order valence-electron chi connectivity index (χ4n) is 5.33. The Kier molecular flexibility index (Phi) is 11.2. The van der Waals surface area contributed by atoms with Crippen molar-refractivity contribution in [2.24, 2.45) is 5.92 Å². The van der Waals surface area contributed by atoms with E-state index in [4.69, 9.17) is 0 Å². The van der Waals surface area contributed by atoms with Crippen molar-refractivity contribution in [1.82, 2.24) is 10.2 Å². The van der Waals surface area contributed by atoms with Gasteiger partial charge in [-0.25, -0.2) is 8.42 Å². The second-order valence-corrected chi connectivity index (χ2v) is 13.9. The zero-order valence-corrected chi connectivity index (χ0v) is 27.6. The van der Waals surface area contributed by atoms with Crippen LogP contribution in [0.2, 0.25) is 0 Å². The Morgan fingerprint density at radius 1 is 0.733 bits per heavy atom. The van der Waals surface area contributed by atoms with Gasteiger partial charge in [0, 0.05) is 19.5 Å². The Morgan fingerprint density at radius 2 is 1.33 bits per heavy atom. The summed E-state index contributed by atoms with van der Waals surface area (Å²) in [7, 11) is -4.14. The smallest absolute Gasteiger partial charge is 0.264 e. The van der Waals surface area contributed by atoms with Gasteiger partial charge in [0.1, 0.15) is 12.6 Å². The summed E-state index contributed by atoms with van der Waals surface area (Å²) in [6.45, 7) is 9.90. The molecule has 0 spiro atoms. The molecule has 0 saturated carbocycles. The number of carbonyl (C=O) groups is 2. The van der Waals surface area contributed by atoms with Crippen molar-refractivity contribution in [2.75, 3.05) is 17.4 Å². The molecular formula is C37H43N3O4S. The maximum Gasteiger partial charge on any atom is 0.264 e. The fraction of sp³-hybridized carbons (Fsp3) is 0.297. The molecule has 2 amide bonds. The molecule has 0 heterocycles. The molecule has 0 aliphatic carbocycles. The van der Waals surface area contributed by atoms with Crippen LogP contribution in [-0.2, 0) is 32.6 Å². The van der Waals surface area contributed by atoms with Crippen molar-refractivity contribution in [1.29, 1.82) is 0 Å². The van der Waals surface area contributed by atoms with Crippen molar-refractivity contribution < 1.29 is 18.0 Å². The zero-order valence-electron chi connectivity index (χ0n) is 26.7. The number of benzene rings is 4. The molecule has 4 rings (SSSR count). The number of hydrogen-bond donors (Lipinski definition) is 1. The van der Waals surface area contributed by atoms with E-state index in [2.05, 4.69) is 5.32 Å². The molecule has 7 nitrogen and oxygen atoms in total. The molecule has 45 heavy (non-hydrogen) atoms. The number of aryl methyl sites for hydroxylation is 3. The lowest BCUT2D eigenvalue weighted by molar-refractivity contribution is -0.140. The Hall–Kier alpha value is -4.43. The maximum absolute atomic E-state index is 14.6. The van der Waals surface area contributed by atoms with Crippen molar-refractivity contribution in [3.05, 3.63) is 131 Å². The van der Waals surface area contributed by atoms with E-state index < -0.39 is 28.5 Å². The first-order chi connectivity index (χ1) is 21.4. The molecule has 0 bridgehead atoms. The minimum absolute atomic E-state index is 0.0812. The van der Waals surface area contributed by atoms with E-state index >= 15 is 0 Å². The molecule has 0 fully saturated rings. The summed E-state index contributed by atoms with van der Waals surface area (Å²) < 4.78 is 29.5. The summed E-state index contributed by atoms with van der Waals surface area (Å²) in [6, 6.07) is 30.1. The fourth-order valence-corrected chi connectivity index (χ4v) is 6.75. The number of sulfonamides is 1. The minimum atomic E-state index is -4.14. The average Bonchev–Trinajstić information content (AvgIpc) is 3.00. The van der Waals surface area contributed by atoms with Crippen molar-refractivity contribution in [2.45, 2.75) is 58.5 Å². The first-order valence-electron chi connectivity index (χ1n) is 15.3. The highest BCUT2D eigenvalue weighted by molar-refractivity contribution is 7.92. The van der Waals surface area contributed by atoms with E-state index in [1.54, 1.807) is 30.3 Å². The molecule has 1 unspecified atom stereocenters. The molecule has 4 aromatic carbocycles. The number of anilines is 1. The Bertz CT molecular complexity index is 1690. The highest BCUT2D eigenvalue weighted by Crippen LogP contribution is 2.27. The van der Waals surface area contributed by atoms with Gasteiger partial charge in [-0.1, -0.05) is 98.3 Å². The SMILES string of the molecule is Cc1cccc(CN(C(=O)CN(c2cc(C)cc(C)c2)S(=O)(=O)c2ccccc2)C(Cc2ccccc2)C(=O)NCC(C)C)c1. The second kappa shape index (κ2) is 15.0. The van der Waals surface area contributed by atoms with Crippen molar-refractivity contribution >= 4 is 27.5 Å². The molecule has 0 saturated heterocycles. The summed E-state index contributed by atoms with van der Waals surface area (Å²) in [5.41, 5.74) is 4.90. The number of hydrogen-bond acceptors (Lipinski definition) is 4. The van der Waals surface area contributed by atoms with Crippen LogP contribution >= 0.6 is 0 Å². The van der Waals surface area contributed by atoms with E-state index in [0.717, 1.165) is 27.8 Å². The quantitative estimate of drug-likeness (QED) is 0.191. The number of nitrogens with one attached hydrogen (secondary N) is 1. The summed E-state index contributed by atoms with van der Waals surface area (Å²) in [4.78, 5) is 30.1. The van der Waals surface area contributed by atoms with Crippen LogP contribution in [-0.4, -0.2) is 44.3 Å². The van der Waals surface area contributed by atoms with Gasteiger partial charge in [0.2, 0.25) is 11.8 Å². The maximum atomic E-state index is 14.6. The van der Waals surface area contributed by atoms with Crippen LogP contribution in [0.1, 0.15) is 41.7 Å². The lowest BCUT2D eigenvalue weighted by atomic mass is 10.0. The molecule has 0 aliphatic heterocycles. The van der Waals surface area contributed by atoms with E-state index in [9.17, 15) is 18.0 Å². The first kappa shape index (κ1) is 33.5. The predicted molar refractivity (Wildman–Crippen MR) is 180 cm³/mol. The predicted octanol–water partition coefficient (Wildman–Crippen LogP) is 6.22. The molecule has 4 aromatic rings. The molecule has 0 aromatic heterocycles. The van der Waals surface area contributed by atoms with Gasteiger partial charge in [0.25, 0.3) is 10.0 Å². The first-order valence-corrected chi connectivity index (χ1v) is 16.7. The zero-order chi connectivity index (χ0) is 32.6. The van der Waals surface area contributed by atoms with Crippen LogP contribution in [0.25, 0.3) is 0 Å². The van der Waals surface area contributed by atoms with Gasteiger partial charge < -0.3 is 10.2 Å². The van der Waals surface area contributed by atoms with Gasteiger partial charge in [-0.05, 0) is 73.2 Å². The standard InChI is InChI=1S/C37H43N3O4S/c1-27(2)24-38-37(42)35(23-31-14-8-6-9-15-31)39(25-32-16-12-13-28(3)20-32)36(41)26-40(33-21-29(4)19-30(5)22-33)45(43,44)34-17-10-7-11-18-34/h6-22,27,35H,23-26H2,1-5H3,(H,38,42). The Morgan fingerprint density at radius 3 is 1.93 bits per heavy atom. The Labute approximate surface area is 268 Å². The van der Waals surface area contributed by atoms with Crippen molar-refractivity contribution in [3.8, 4) is 0 Å². The lowest BCUT2D eigenvalue weighted by Crippen LogP contribution is -2.53. The molecular weight excluding hydrogens is 582 g/mol. The largest absolute Gasteiger partial charge is 0.354 e. The minimum Gasteiger partial charge on any atom is -0.354 e. The van der Waals surface area contributed by atoms with Crippen LogP contribution in [0.3, 0.4) is 0 Å². The monoisotopic (exact) mass is 625 g/mol. The van der Waals surface area contributed by atoms with Gasteiger partial charge >= 0.3 is 0 Å². The van der Waals surface area contributed by atoms with Crippen LogP contribution in [0.15, 0.2) is 108 Å². The third-order valence-corrected chi connectivity index (χ3v) is 9.28.